The largest absolute Gasteiger partial charge is 0.272 e. The van der Waals surface area contributed by atoms with E-state index >= 15 is 0 Å². The average molecular weight is 329 g/mol. The number of aryl methyl sites for hydroxylation is 1. The predicted molar refractivity (Wildman–Crippen MR) is 70.5 cm³/mol. The quantitative estimate of drug-likeness (QED) is 0.642. The van der Waals surface area contributed by atoms with Crippen LogP contribution in [0.25, 0.3) is 15.2 Å². The highest BCUT2D eigenvalue weighted by Gasteiger charge is 2.10. The first-order valence-electron chi connectivity index (χ1n) is 4.70. The third kappa shape index (κ3) is 1.37. The highest BCUT2D eigenvalue weighted by molar-refractivity contribution is 14.1. The van der Waals surface area contributed by atoms with E-state index in [1.165, 1.54) is 19.4 Å². The molecule has 76 valence electrons. The van der Waals surface area contributed by atoms with Crippen LogP contribution in [0.2, 0.25) is 0 Å². The summed E-state index contributed by atoms with van der Waals surface area (Å²) in [6, 6.07) is 4.43. The minimum absolute atomic E-state index is 0.974. The van der Waals surface area contributed by atoms with Crippen molar-refractivity contribution >= 4 is 49.1 Å². The van der Waals surface area contributed by atoms with E-state index in [9.17, 15) is 0 Å². The van der Waals surface area contributed by atoms with Gasteiger partial charge in [-0.2, -0.15) is 0 Å². The van der Waals surface area contributed by atoms with Crippen molar-refractivity contribution in [1.29, 1.82) is 0 Å². The minimum atomic E-state index is 0.974. The zero-order valence-electron chi connectivity index (χ0n) is 8.07. The van der Waals surface area contributed by atoms with Gasteiger partial charge in [-0.15, -0.1) is 10.2 Å². The van der Waals surface area contributed by atoms with E-state index in [0.717, 1.165) is 11.4 Å². The molecule has 0 amide bonds. The predicted octanol–water partition coefficient (Wildman–Crippen LogP) is 3.11. The van der Waals surface area contributed by atoms with E-state index in [1.807, 2.05) is 0 Å². The Bertz CT molecular complexity index is 640. The van der Waals surface area contributed by atoms with Crippen LogP contribution in [0.15, 0.2) is 18.5 Å². The zero-order chi connectivity index (χ0) is 10.4. The third-order valence-corrected chi connectivity index (χ3v) is 4.07. The van der Waals surface area contributed by atoms with E-state index in [0.29, 0.717) is 0 Å². The monoisotopic (exact) mass is 329 g/mol. The van der Waals surface area contributed by atoms with Gasteiger partial charge in [-0.3, -0.25) is 4.40 Å². The van der Waals surface area contributed by atoms with Crippen molar-refractivity contribution in [3.8, 4) is 0 Å². The molecule has 15 heavy (non-hydrogen) atoms. The summed E-state index contributed by atoms with van der Waals surface area (Å²) < 4.78 is 4.66. The van der Waals surface area contributed by atoms with Crippen LogP contribution in [0, 0.1) is 3.57 Å². The van der Waals surface area contributed by atoms with Crippen molar-refractivity contribution < 1.29 is 0 Å². The number of benzene rings is 1. The Kier molecular flexibility index (Phi) is 2.17. The van der Waals surface area contributed by atoms with Crippen LogP contribution >= 0.6 is 33.9 Å². The SMILES string of the molecule is CCc1cc(I)cc2sc3nncn3c12. The first kappa shape index (κ1) is 9.53. The van der Waals surface area contributed by atoms with Crippen LogP contribution in [-0.4, -0.2) is 14.6 Å². The molecule has 0 aliphatic heterocycles. The molecular formula is C10H8IN3S. The number of thiazole rings is 1. The molecule has 3 rings (SSSR count). The fourth-order valence-electron chi connectivity index (χ4n) is 1.79. The topological polar surface area (TPSA) is 30.2 Å². The Morgan fingerprint density at radius 2 is 2.33 bits per heavy atom. The number of fused-ring (bicyclic) bond motifs is 3. The Hall–Kier alpha value is -0.690. The maximum absolute atomic E-state index is 4.09. The van der Waals surface area contributed by atoms with Crippen LogP contribution in [0.1, 0.15) is 12.5 Å². The molecule has 0 aliphatic carbocycles. The Balaban J connectivity index is 2.55. The van der Waals surface area contributed by atoms with Crippen LogP contribution in [0.5, 0.6) is 0 Å². The van der Waals surface area contributed by atoms with Crippen molar-refractivity contribution in [2.75, 3.05) is 0 Å². The van der Waals surface area contributed by atoms with Crippen molar-refractivity contribution in [2.45, 2.75) is 13.3 Å². The first-order valence-corrected chi connectivity index (χ1v) is 6.60. The number of hydrogen-bond donors (Lipinski definition) is 0. The zero-order valence-corrected chi connectivity index (χ0v) is 11.0. The Labute approximate surface area is 104 Å². The van der Waals surface area contributed by atoms with Crippen LogP contribution in [0.3, 0.4) is 0 Å². The highest BCUT2D eigenvalue weighted by Crippen LogP contribution is 2.29. The molecule has 0 N–H and O–H groups in total. The van der Waals surface area contributed by atoms with Gasteiger partial charge in [-0.1, -0.05) is 18.3 Å². The molecule has 0 spiro atoms. The second-order valence-corrected chi connectivity index (χ2v) is 5.61. The molecule has 2 aromatic heterocycles. The van der Waals surface area contributed by atoms with Gasteiger partial charge < -0.3 is 0 Å². The molecule has 0 saturated carbocycles. The second-order valence-electron chi connectivity index (χ2n) is 3.35. The van der Waals surface area contributed by atoms with Gasteiger partial charge in [0.25, 0.3) is 0 Å². The fraction of sp³-hybridized carbons (Fsp3) is 0.200. The van der Waals surface area contributed by atoms with Crippen molar-refractivity contribution in [1.82, 2.24) is 14.6 Å². The van der Waals surface area contributed by atoms with Crippen molar-refractivity contribution in [3.05, 3.63) is 27.6 Å². The molecule has 5 heteroatoms. The molecule has 0 bridgehead atoms. The number of rotatable bonds is 1. The molecule has 0 aliphatic rings. The molecule has 0 unspecified atom stereocenters. The molecule has 1 aromatic carbocycles. The van der Waals surface area contributed by atoms with E-state index in [-0.39, 0.29) is 0 Å². The summed E-state index contributed by atoms with van der Waals surface area (Å²) in [6.07, 6.45) is 2.83. The Morgan fingerprint density at radius 1 is 1.47 bits per heavy atom. The van der Waals surface area contributed by atoms with Crippen LogP contribution in [0.4, 0.5) is 0 Å². The van der Waals surface area contributed by atoms with E-state index in [4.69, 9.17) is 0 Å². The summed E-state index contributed by atoms with van der Waals surface area (Å²) in [5, 5.41) is 8.02. The summed E-state index contributed by atoms with van der Waals surface area (Å²) in [4.78, 5) is 0.974. The molecule has 3 nitrogen and oxygen atoms in total. The summed E-state index contributed by atoms with van der Waals surface area (Å²) in [6.45, 7) is 2.18. The number of nitrogens with zero attached hydrogens (tertiary/aromatic N) is 3. The van der Waals surface area contributed by atoms with Crippen molar-refractivity contribution in [2.24, 2.45) is 0 Å². The maximum atomic E-state index is 4.09. The molecule has 0 radical (unpaired) electrons. The molecule has 2 heterocycles. The number of halogens is 1. The lowest BCUT2D eigenvalue weighted by atomic mass is 10.1. The number of aromatic nitrogens is 3. The molecule has 0 atom stereocenters. The standard InChI is InChI=1S/C10H8IN3S/c1-2-6-3-7(11)4-8-9(6)14-5-12-13-10(14)15-8/h3-5H,2H2,1H3. The highest BCUT2D eigenvalue weighted by atomic mass is 127. The molecule has 3 aromatic rings. The molecular weight excluding hydrogens is 321 g/mol. The molecule has 0 saturated heterocycles. The lowest BCUT2D eigenvalue weighted by Crippen LogP contribution is -1.87. The molecule has 0 fully saturated rings. The van der Waals surface area contributed by atoms with Gasteiger partial charge in [0.15, 0.2) is 0 Å². The second kappa shape index (κ2) is 3.41. The third-order valence-electron chi connectivity index (χ3n) is 2.46. The van der Waals surface area contributed by atoms with E-state index in [1.54, 1.807) is 17.7 Å². The number of hydrogen-bond acceptors (Lipinski definition) is 3. The van der Waals surface area contributed by atoms with Gasteiger partial charge in [0.2, 0.25) is 4.96 Å². The normalized spacial score (nSPS) is 11.6. The summed E-state index contributed by atoms with van der Waals surface area (Å²) >= 11 is 4.06. The summed E-state index contributed by atoms with van der Waals surface area (Å²) in [7, 11) is 0. The first-order chi connectivity index (χ1) is 7.29. The van der Waals surface area contributed by atoms with Crippen LogP contribution in [-0.2, 0) is 6.42 Å². The summed E-state index contributed by atoms with van der Waals surface area (Å²) in [5.41, 5.74) is 2.63. The van der Waals surface area contributed by atoms with Gasteiger partial charge in [0, 0.05) is 3.57 Å². The van der Waals surface area contributed by atoms with Gasteiger partial charge in [-0.25, -0.2) is 0 Å². The van der Waals surface area contributed by atoms with Gasteiger partial charge in [0.1, 0.15) is 6.33 Å². The summed E-state index contributed by atoms with van der Waals surface area (Å²) in [5.74, 6) is 0. The average Bonchev–Trinajstić information content (AvgIpc) is 2.75. The lowest BCUT2D eigenvalue weighted by molar-refractivity contribution is 1.10. The maximum Gasteiger partial charge on any atom is 0.217 e. The van der Waals surface area contributed by atoms with Gasteiger partial charge >= 0.3 is 0 Å². The van der Waals surface area contributed by atoms with Gasteiger partial charge in [0.05, 0.1) is 10.2 Å². The lowest BCUT2D eigenvalue weighted by Gasteiger charge is -2.01. The van der Waals surface area contributed by atoms with E-state index < -0.39 is 0 Å². The van der Waals surface area contributed by atoms with E-state index in [2.05, 4.69) is 56.2 Å². The Morgan fingerprint density at radius 3 is 3.13 bits per heavy atom. The smallest absolute Gasteiger partial charge is 0.217 e. The van der Waals surface area contributed by atoms with Gasteiger partial charge in [-0.05, 0) is 46.7 Å². The van der Waals surface area contributed by atoms with Crippen LogP contribution < -0.4 is 0 Å². The fourth-order valence-corrected chi connectivity index (χ4v) is 3.73. The van der Waals surface area contributed by atoms with Crippen molar-refractivity contribution in [3.63, 3.8) is 0 Å². The minimum Gasteiger partial charge on any atom is -0.272 e.